The molecule has 1 rings (SSSR count). The van der Waals surface area contributed by atoms with Crippen molar-refractivity contribution in [2.75, 3.05) is 13.7 Å². The van der Waals surface area contributed by atoms with E-state index < -0.39 is 0 Å². The van der Waals surface area contributed by atoms with Crippen LogP contribution in [0.25, 0.3) is 0 Å². The van der Waals surface area contributed by atoms with Crippen molar-refractivity contribution < 1.29 is 14.3 Å². The van der Waals surface area contributed by atoms with Crippen LogP contribution >= 0.6 is 0 Å². The summed E-state index contributed by atoms with van der Waals surface area (Å²) in [6.45, 7) is 2.27. The molecule has 0 unspecified atom stereocenters. The Morgan fingerprint density at radius 3 is 2.38 bits per heavy atom. The number of rotatable bonds is 4. The molecular formula is C12H21NO3. The van der Waals surface area contributed by atoms with Crippen LogP contribution in [0.15, 0.2) is 0 Å². The zero-order valence-electron chi connectivity index (χ0n) is 10.1. The molecule has 1 amide bonds. The molecule has 0 aromatic rings. The lowest BCUT2D eigenvalue weighted by Crippen LogP contribution is -2.31. The van der Waals surface area contributed by atoms with Crippen LogP contribution in [0.2, 0.25) is 0 Å². The van der Waals surface area contributed by atoms with E-state index in [-0.39, 0.29) is 17.8 Å². The predicted octanol–water partition coefficient (Wildman–Crippen LogP) is 1.49. The van der Waals surface area contributed by atoms with Gasteiger partial charge in [0.1, 0.15) is 0 Å². The maximum Gasteiger partial charge on any atom is 0.306 e. The molecule has 0 atom stereocenters. The molecule has 1 saturated carbocycles. The zero-order chi connectivity index (χ0) is 12.0. The van der Waals surface area contributed by atoms with E-state index in [0.29, 0.717) is 18.9 Å². The number of carbonyl (C=O) groups is 2. The summed E-state index contributed by atoms with van der Waals surface area (Å²) in [4.78, 5) is 22.7. The van der Waals surface area contributed by atoms with Crippen molar-refractivity contribution in [3.8, 4) is 0 Å². The van der Waals surface area contributed by atoms with E-state index in [0.717, 1.165) is 25.7 Å². The monoisotopic (exact) mass is 227 g/mol. The summed E-state index contributed by atoms with van der Waals surface area (Å²) in [5.74, 6) is 0.573. The van der Waals surface area contributed by atoms with E-state index in [1.165, 1.54) is 0 Å². The molecule has 4 heteroatoms. The third kappa shape index (κ3) is 3.83. The van der Waals surface area contributed by atoms with Gasteiger partial charge in [-0.25, -0.2) is 0 Å². The summed E-state index contributed by atoms with van der Waals surface area (Å²) in [5.41, 5.74) is 0. The van der Waals surface area contributed by atoms with Gasteiger partial charge in [0.15, 0.2) is 0 Å². The van der Waals surface area contributed by atoms with Crippen LogP contribution in [0.1, 0.15) is 39.0 Å². The van der Waals surface area contributed by atoms with Gasteiger partial charge in [-0.2, -0.15) is 0 Å². The third-order valence-electron chi connectivity index (χ3n) is 3.22. The van der Waals surface area contributed by atoms with Gasteiger partial charge >= 0.3 is 5.97 Å². The van der Waals surface area contributed by atoms with Crippen molar-refractivity contribution in [1.82, 2.24) is 5.32 Å². The number of hydrogen-bond donors (Lipinski definition) is 1. The first-order valence-electron chi connectivity index (χ1n) is 6.04. The zero-order valence-corrected chi connectivity index (χ0v) is 10.1. The van der Waals surface area contributed by atoms with Crippen molar-refractivity contribution in [2.45, 2.75) is 39.0 Å². The van der Waals surface area contributed by atoms with Crippen molar-refractivity contribution in [3.63, 3.8) is 0 Å². The smallest absolute Gasteiger partial charge is 0.306 e. The molecule has 92 valence electrons. The summed E-state index contributed by atoms with van der Waals surface area (Å²) in [5, 5.41) is 2.68. The molecule has 0 aromatic carbocycles. The van der Waals surface area contributed by atoms with Gasteiger partial charge in [-0.1, -0.05) is 0 Å². The SMILES string of the molecule is CCOC(=O)C[C@H]1CC[C@H](C(=O)NC)CC1. The first kappa shape index (κ1) is 13.0. The van der Waals surface area contributed by atoms with Crippen LogP contribution < -0.4 is 5.32 Å². The number of carbonyl (C=O) groups excluding carboxylic acids is 2. The van der Waals surface area contributed by atoms with Crippen LogP contribution in [-0.2, 0) is 14.3 Å². The number of esters is 1. The predicted molar refractivity (Wildman–Crippen MR) is 60.8 cm³/mol. The van der Waals surface area contributed by atoms with Crippen molar-refractivity contribution >= 4 is 11.9 Å². The number of ether oxygens (including phenoxy) is 1. The first-order valence-corrected chi connectivity index (χ1v) is 6.04. The topological polar surface area (TPSA) is 55.4 Å². The molecule has 0 aromatic heterocycles. The highest BCUT2D eigenvalue weighted by Crippen LogP contribution is 2.31. The molecule has 1 fully saturated rings. The molecule has 1 aliphatic rings. The largest absolute Gasteiger partial charge is 0.466 e. The van der Waals surface area contributed by atoms with Crippen LogP contribution in [0, 0.1) is 11.8 Å². The fourth-order valence-electron chi connectivity index (χ4n) is 2.29. The van der Waals surface area contributed by atoms with E-state index >= 15 is 0 Å². The van der Waals surface area contributed by atoms with Gasteiger partial charge in [0.05, 0.1) is 6.61 Å². The summed E-state index contributed by atoms with van der Waals surface area (Å²) in [6.07, 6.45) is 4.20. The molecule has 1 aliphatic carbocycles. The fourth-order valence-corrected chi connectivity index (χ4v) is 2.29. The molecule has 0 aliphatic heterocycles. The van der Waals surface area contributed by atoms with Gasteiger partial charge in [0.2, 0.25) is 5.91 Å². The lowest BCUT2D eigenvalue weighted by Gasteiger charge is -2.26. The summed E-state index contributed by atoms with van der Waals surface area (Å²) >= 11 is 0. The third-order valence-corrected chi connectivity index (χ3v) is 3.22. The second kappa shape index (κ2) is 6.51. The van der Waals surface area contributed by atoms with Crippen molar-refractivity contribution in [3.05, 3.63) is 0 Å². The highest BCUT2D eigenvalue weighted by molar-refractivity contribution is 5.78. The van der Waals surface area contributed by atoms with Crippen molar-refractivity contribution in [1.29, 1.82) is 0 Å². The fraction of sp³-hybridized carbons (Fsp3) is 0.833. The van der Waals surface area contributed by atoms with Gasteiger partial charge in [0, 0.05) is 19.4 Å². The number of hydrogen-bond acceptors (Lipinski definition) is 3. The Kier molecular flexibility index (Phi) is 5.29. The summed E-state index contributed by atoms with van der Waals surface area (Å²) in [6, 6.07) is 0. The molecule has 16 heavy (non-hydrogen) atoms. The molecule has 0 radical (unpaired) electrons. The average Bonchev–Trinajstić information content (AvgIpc) is 2.29. The van der Waals surface area contributed by atoms with E-state index in [9.17, 15) is 9.59 Å². The number of nitrogens with one attached hydrogen (secondary N) is 1. The second-order valence-corrected chi connectivity index (χ2v) is 4.34. The maximum atomic E-state index is 11.4. The second-order valence-electron chi connectivity index (χ2n) is 4.34. The molecule has 0 heterocycles. The average molecular weight is 227 g/mol. The Morgan fingerprint density at radius 2 is 1.88 bits per heavy atom. The lowest BCUT2D eigenvalue weighted by molar-refractivity contribution is -0.144. The van der Waals surface area contributed by atoms with Crippen molar-refractivity contribution in [2.24, 2.45) is 11.8 Å². The van der Waals surface area contributed by atoms with Crippen LogP contribution in [0.3, 0.4) is 0 Å². The molecular weight excluding hydrogens is 206 g/mol. The van der Waals surface area contributed by atoms with E-state index in [4.69, 9.17) is 4.74 Å². The standard InChI is InChI=1S/C12H21NO3/c1-3-16-11(14)8-9-4-6-10(7-5-9)12(15)13-2/h9-10H,3-8H2,1-2H3,(H,13,15)/t9-,10-. The van der Waals surface area contributed by atoms with Gasteiger partial charge < -0.3 is 10.1 Å². The van der Waals surface area contributed by atoms with E-state index in [1.54, 1.807) is 7.05 Å². The lowest BCUT2D eigenvalue weighted by atomic mass is 9.80. The van der Waals surface area contributed by atoms with Gasteiger partial charge in [-0.05, 0) is 38.5 Å². The summed E-state index contributed by atoms with van der Waals surface area (Å²) in [7, 11) is 1.67. The maximum absolute atomic E-state index is 11.4. The minimum absolute atomic E-state index is 0.106. The Morgan fingerprint density at radius 1 is 1.25 bits per heavy atom. The van der Waals surface area contributed by atoms with Crippen LogP contribution in [-0.4, -0.2) is 25.5 Å². The van der Waals surface area contributed by atoms with Crippen LogP contribution in [0.5, 0.6) is 0 Å². The highest BCUT2D eigenvalue weighted by Gasteiger charge is 2.26. The molecule has 0 saturated heterocycles. The van der Waals surface area contributed by atoms with Gasteiger partial charge in [-0.15, -0.1) is 0 Å². The molecule has 1 N–H and O–H groups in total. The Bertz CT molecular complexity index is 245. The minimum atomic E-state index is -0.106. The first-order chi connectivity index (χ1) is 7.67. The van der Waals surface area contributed by atoms with Gasteiger partial charge in [-0.3, -0.25) is 9.59 Å². The molecule has 0 spiro atoms. The molecule has 4 nitrogen and oxygen atoms in total. The summed E-state index contributed by atoms with van der Waals surface area (Å²) < 4.78 is 4.92. The Labute approximate surface area is 96.7 Å². The van der Waals surface area contributed by atoms with E-state index in [1.807, 2.05) is 6.92 Å². The van der Waals surface area contributed by atoms with Gasteiger partial charge in [0.25, 0.3) is 0 Å². The minimum Gasteiger partial charge on any atom is -0.466 e. The molecule has 0 bridgehead atoms. The normalized spacial score (nSPS) is 24.9. The Balaban J connectivity index is 2.26. The van der Waals surface area contributed by atoms with E-state index in [2.05, 4.69) is 5.32 Å². The highest BCUT2D eigenvalue weighted by atomic mass is 16.5. The van der Waals surface area contributed by atoms with Crippen LogP contribution in [0.4, 0.5) is 0 Å². The Hall–Kier alpha value is -1.06. The number of amides is 1. The quantitative estimate of drug-likeness (QED) is 0.740.